The first-order valence-electron chi connectivity index (χ1n) is 6.82. The van der Waals surface area contributed by atoms with Gasteiger partial charge in [0.2, 0.25) is 7.94 Å². The Balaban J connectivity index is 1.91. The van der Waals surface area contributed by atoms with Crippen molar-refractivity contribution in [3.8, 4) is 0 Å². The Morgan fingerprint density at radius 2 is 2.21 bits per heavy atom. The molecule has 2 atom stereocenters. The van der Waals surface area contributed by atoms with Gasteiger partial charge in [0.15, 0.2) is 0 Å². The van der Waals surface area contributed by atoms with E-state index >= 15 is 0 Å². The topological polar surface area (TPSA) is 41.6 Å². The van der Waals surface area contributed by atoms with Gasteiger partial charge in [0.1, 0.15) is 0 Å². The molecule has 3 rings (SSSR count). The number of hydrogen-bond donors (Lipinski definition) is 1. The molecule has 4 nitrogen and oxygen atoms in total. The lowest BCUT2D eigenvalue weighted by Crippen LogP contribution is -2.42. The van der Waals surface area contributed by atoms with Crippen molar-refractivity contribution >= 4 is 13.6 Å². The summed E-state index contributed by atoms with van der Waals surface area (Å²) < 4.78 is 4.23. The molecule has 0 amide bonds. The fourth-order valence-electron chi connectivity index (χ4n) is 3.03. The molecular formula is C14H20N3OP. The van der Waals surface area contributed by atoms with Gasteiger partial charge in [-0.2, -0.15) is 5.09 Å². The van der Waals surface area contributed by atoms with Crippen molar-refractivity contribution in [2.45, 2.75) is 18.9 Å². The van der Waals surface area contributed by atoms with Crippen LogP contribution in [-0.4, -0.2) is 30.3 Å². The van der Waals surface area contributed by atoms with Gasteiger partial charge in [0.05, 0.1) is 24.8 Å². The summed E-state index contributed by atoms with van der Waals surface area (Å²) in [5.74, 6) is 0. The highest BCUT2D eigenvalue weighted by Gasteiger charge is 2.54. The molecule has 2 aliphatic rings. The summed E-state index contributed by atoms with van der Waals surface area (Å²) in [4.78, 5) is 13.4. The zero-order valence-corrected chi connectivity index (χ0v) is 11.9. The van der Waals surface area contributed by atoms with E-state index in [0.717, 1.165) is 31.6 Å². The molecule has 1 N–H and O–H groups in total. The van der Waals surface area contributed by atoms with Gasteiger partial charge < -0.3 is 4.89 Å². The standard InChI is InChI=1S/C14H20N3OP/c1-2-10-15-19(18)16-11-6-9-14(16)12-17(19)13-7-4-3-5-8-13/h2-5,7-8,14H,1,6,9-12H2,(H,15,18)/t14-,19?/m0/s1. The number of nitrogens with one attached hydrogen (secondary N) is 1. The number of benzene rings is 1. The lowest BCUT2D eigenvalue weighted by molar-refractivity contribution is -0.183. The molecule has 0 bridgehead atoms. The van der Waals surface area contributed by atoms with Gasteiger partial charge >= 0.3 is 0 Å². The zero-order valence-electron chi connectivity index (χ0n) is 11.0. The molecule has 1 unspecified atom stereocenters. The van der Waals surface area contributed by atoms with Crippen LogP contribution in [0, 0.1) is 0 Å². The largest absolute Gasteiger partial charge is 0.632 e. The van der Waals surface area contributed by atoms with Crippen LogP contribution in [0.1, 0.15) is 12.8 Å². The minimum Gasteiger partial charge on any atom is -0.632 e. The molecule has 0 aromatic heterocycles. The number of rotatable bonds is 4. The molecular weight excluding hydrogens is 257 g/mol. The predicted molar refractivity (Wildman–Crippen MR) is 78.6 cm³/mol. The smallest absolute Gasteiger partial charge is 0.207 e. The van der Waals surface area contributed by atoms with E-state index in [1.807, 2.05) is 30.3 Å². The highest BCUT2D eigenvalue weighted by molar-refractivity contribution is 7.66. The van der Waals surface area contributed by atoms with E-state index in [-0.39, 0.29) is 0 Å². The van der Waals surface area contributed by atoms with Crippen molar-refractivity contribution in [2.24, 2.45) is 0 Å². The maximum absolute atomic E-state index is 13.4. The minimum atomic E-state index is -2.68. The number of fused-ring (bicyclic) bond motifs is 1. The molecule has 2 saturated heterocycles. The van der Waals surface area contributed by atoms with Crippen LogP contribution in [0.3, 0.4) is 0 Å². The third-order valence-corrected chi connectivity index (χ3v) is 6.77. The summed E-state index contributed by atoms with van der Waals surface area (Å²) in [6, 6.07) is 10.5. The van der Waals surface area contributed by atoms with Gasteiger partial charge in [-0.25, -0.2) is 4.67 Å². The highest BCUT2D eigenvalue weighted by atomic mass is 31.2. The van der Waals surface area contributed by atoms with Crippen LogP contribution in [0.2, 0.25) is 0 Å². The minimum absolute atomic E-state index is 0.420. The molecule has 1 aromatic rings. The predicted octanol–water partition coefficient (Wildman–Crippen LogP) is 1.78. The van der Waals surface area contributed by atoms with Crippen LogP contribution < -0.4 is 14.7 Å². The van der Waals surface area contributed by atoms with Crippen molar-refractivity contribution in [1.29, 1.82) is 0 Å². The quantitative estimate of drug-likeness (QED) is 0.673. The molecule has 102 valence electrons. The Hall–Kier alpha value is -0.930. The average molecular weight is 277 g/mol. The molecule has 1 aromatic carbocycles. The van der Waals surface area contributed by atoms with Crippen LogP contribution in [0.25, 0.3) is 0 Å². The number of para-hydroxylation sites is 1. The SMILES string of the molecule is C=CCN[P+]1([O-])N(c2ccccc2)C[C@@H]2CCCN21. The highest BCUT2D eigenvalue weighted by Crippen LogP contribution is 2.62. The van der Waals surface area contributed by atoms with Crippen molar-refractivity contribution in [3.63, 3.8) is 0 Å². The first-order chi connectivity index (χ1) is 9.25. The Kier molecular flexibility index (Phi) is 3.59. The maximum Gasteiger partial charge on any atom is 0.207 e. The normalized spacial score (nSPS) is 30.6. The van der Waals surface area contributed by atoms with Gasteiger partial charge in [0, 0.05) is 6.54 Å². The van der Waals surface area contributed by atoms with Crippen molar-refractivity contribution in [3.05, 3.63) is 43.0 Å². The first-order valence-corrected chi connectivity index (χ1v) is 8.43. The molecule has 2 fully saturated rings. The molecule has 0 radical (unpaired) electrons. The van der Waals surface area contributed by atoms with Crippen molar-refractivity contribution in [2.75, 3.05) is 24.3 Å². The third-order valence-electron chi connectivity index (χ3n) is 3.90. The molecule has 0 saturated carbocycles. The summed E-state index contributed by atoms with van der Waals surface area (Å²) in [5.41, 5.74) is 1.04. The van der Waals surface area contributed by atoms with Gasteiger partial charge in [-0.3, -0.25) is 0 Å². The number of anilines is 1. The van der Waals surface area contributed by atoms with Gasteiger partial charge in [-0.15, -0.1) is 11.2 Å². The van der Waals surface area contributed by atoms with Gasteiger partial charge in [-0.1, -0.05) is 24.3 Å². The Labute approximate surface area is 115 Å². The van der Waals surface area contributed by atoms with Crippen LogP contribution >= 0.6 is 7.94 Å². The van der Waals surface area contributed by atoms with Gasteiger partial charge in [0.25, 0.3) is 0 Å². The second-order valence-electron chi connectivity index (χ2n) is 5.07. The summed E-state index contributed by atoms with van der Waals surface area (Å²) in [5, 5.41) is 3.22. The first kappa shape index (κ1) is 13.1. The third kappa shape index (κ3) is 2.19. The van der Waals surface area contributed by atoms with E-state index in [9.17, 15) is 4.89 Å². The molecule has 2 aliphatic heterocycles. The number of hydrogen-bond acceptors (Lipinski definition) is 4. The molecule has 0 spiro atoms. The molecule has 2 heterocycles. The maximum atomic E-state index is 13.4. The van der Waals surface area contributed by atoms with Crippen LogP contribution in [0.15, 0.2) is 43.0 Å². The van der Waals surface area contributed by atoms with Crippen LogP contribution in [-0.2, 0) is 0 Å². The average Bonchev–Trinajstić information content (AvgIpc) is 3.00. The van der Waals surface area contributed by atoms with Crippen LogP contribution in [0.4, 0.5) is 5.69 Å². The van der Waals surface area contributed by atoms with Crippen LogP contribution in [0.5, 0.6) is 0 Å². The number of nitrogens with zero attached hydrogens (tertiary/aromatic N) is 2. The van der Waals surface area contributed by atoms with E-state index < -0.39 is 7.94 Å². The molecule has 19 heavy (non-hydrogen) atoms. The fourth-order valence-corrected chi connectivity index (χ4v) is 5.93. The molecule has 0 aliphatic carbocycles. The monoisotopic (exact) mass is 277 g/mol. The van der Waals surface area contributed by atoms with E-state index in [0.29, 0.717) is 12.6 Å². The van der Waals surface area contributed by atoms with Crippen molar-refractivity contribution in [1.82, 2.24) is 9.76 Å². The lowest BCUT2D eigenvalue weighted by Gasteiger charge is -2.39. The Bertz CT molecular complexity index is 455. The second-order valence-corrected chi connectivity index (χ2v) is 7.47. The van der Waals surface area contributed by atoms with Gasteiger partial charge in [-0.05, 0) is 25.0 Å². The summed E-state index contributed by atoms with van der Waals surface area (Å²) >= 11 is 0. The van der Waals surface area contributed by atoms with E-state index in [1.165, 1.54) is 0 Å². The van der Waals surface area contributed by atoms with Crippen molar-refractivity contribution < 1.29 is 4.89 Å². The summed E-state index contributed by atoms with van der Waals surface area (Å²) in [7, 11) is -2.68. The zero-order chi connectivity index (χ0) is 13.3. The summed E-state index contributed by atoms with van der Waals surface area (Å²) in [6.45, 7) is 6.07. The summed E-state index contributed by atoms with van der Waals surface area (Å²) in [6.07, 6.45) is 4.06. The van der Waals surface area contributed by atoms with E-state index in [1.54, 1.807) is 6.08 Å². The molecule has 5 heteroatoms. The Morgan fingerprint density at radius 3 is 2.95 bits per heavy atom. The van der Waals surface area contributed by atoms with E-state index in [4.69, 9.17) is 0 Å². The second kappa shape index (κ2) is 5.22. The Morgan fingerprint density at radius 1 is 1.42 bits per heavy atom. The fraction of sp³-hybridized carbons (Fsp3) is 0.429. The van der Waals surface area contributed by atoms with E-state index in [2.05, 4.69) is 21.0 Å². The lowest BCUT2D eigenvalue weighted by atomic mass is 10.2.